The maximum Gasteiger partial charge on any atom is 0.152 e. The molecule has 19 heavy (non-hydrogen) atoms. The first-order valence-electron chi connectivity index (χ1n) is 6.03. The molecule has 0 bridgehead atoms. The Kier molecular flexibility index (Phi) is 3.67. The van der Waals surface area contributed by atoms with Crippen LogP contribution in [0.3, 0.4) is 0 Å². The van der Waals surface area contributed by atoms with Crippen LogP contribution in [0.15, 0.2) is 36.5 Å². The summed E-state index contributed by atoms with van der Waals surface area (Å²) in [6.45, 7) is 2.63. The number of benzene rings is 1. The van der Waals surface area contributed by atoms with Gasteiger partial charge < -0.3 is 10.6 Å². The molecule has 1 heterocycles. The lowest BCUT2D eigenvalue weighted by Crippen LogP contribution is -2.19. The van der Waals surface area contributed by atoms with Gasteiger partial charge >= 0.3 is 0 Å². The minimum Gasteiger partial charge on any atom is -0.396 e. The molecule has 0 amide bonds. The highest BCUT2D eigenvalue weighted by atomic mass is 15.2. The number of anilines is 2. The first-order valence-corrected chi connectivity index (χ1v) is 6.03. The minimum absolute atomic E-state index is 0.663. The molecular formula is C15H16N4. The zero-order valence-electron chi connectivity index (χ0n) is 11.1. The third kappa shape index (κ3) is 2.83. The number of hydrogen-bond donors (Lipinski definition) is 1. The second kappa shape index (κ2) is 5.40. The maximum absolute atomic E-state index is 8.90. The Morgan fingerprint density at radius 1 is 1.37 bits per heavy atom. The largest absolute Gasteiger partial charge is 0.396 e. The Labute approximate surface area is 113 Å². The number of nitrogens with two attached hydrogens (primary N) is 1. The van der Waals surface area contributed by atoms with Crippen molar-refractivity contribution in [2.75, 3.05) is 17.7 Å². The number of aromatic nitrogens is 1. The molecule has 4 heteroatoms. The van der Waals surface area contributed by atoms with Crippen molar-refractivity contribution in [2.45, 2.75) is 13.5 Å². The molecule has 0 atom stereocenters. The summed E-state index contributed by atoms with van der Waals surface area (Å²) in [6, 6.07) is 11.6. The summed E-state index contributed by atoms with van der Waals surface area (Å²) in [5.74, 6) is 0.766. The van der Waals surface area contributed by atoms with Gasteiger partial charge in [0.15, 0.2) is 5.82 Å². The van der Waals surface area contributed by atoms with E-state index in [-0.39, 0.29) is 0 Å². The predicted molar refractivity (Wildman–Crippen MR) is 76.7 cm³/mol. The van der Waals surface area contributed by atoms with Crippen molar-refractivity contribution < 1.29 is 0 Å². The Balaban J connectivity index is 2.23. The van der Waals surface area contributed by atoms with Gasteiger partial charge in [0.1, 0.15) is 0 Å². The van der Waals surface area contributed by atoms with Crippen molar-refractivity contribution in [1.82, 2.24) is 4.98 Å². The summed E-state index contributed by atoms with van der Waals surface area (Å²) in [5.41, 5.74) is 9.47. The van der Waals surface area contributed by atoms with Gasteiger partial charge in [-0.25, -0.2) is 4.98 Å². The Morgan fingerprint density at radius 2 is 2.16 bits per heavy atom. The number of nitrogen functional groups attached to an aromatic ring is 1. The fourth-order valence-electron chi connectivity index (χ4n) is 1.95. The molecule has 0 aliphatic rings. The number of aryl methyl sites for hydroxylation is 1. The molecule has 1 aromatic carbocycles. The molecule has 0 saturated heterocycles. The van der Waals surface area contributed by atoms with Crippen LogP contribution in [0.1, 0.15) is 16.7 Å². The van der Waals surface area contributed by atoms with Gasteiger partial charge in [0.2, 0.25) is 0 Å². The number of pyridine rings is 1. The van der Waals surface area contributed by atoms with E-state index in [1.54, 1.807) is 12.3 Å². The molecule has 0 radical (unpaired) electrons. The van der Waals surface area contributed by atoms with Gasteiger partial charge in [-0.1, -0.05) is 12.1 Å². The lowest BCUT2D eigenvalue weighted by molar-refractivity contribution is 0.898. The van der Waals surface area contributed by atoms with Gasteiger partial charge in [-0.15, -0.1) is 0 Å². The van der Waals surface area contributed by atoms with Crippen LogP contribution in [0.5, 0.6) is 0 Å². The van der Waals surface area contributed by atoms with E-state index in [1.807, 2.05) is 43.1 Å². The van der Waals surface area contributed by atoms with E-state index in [0.717, 1.165) is 16.9 Å². The first kappa shape index (κ1) is 12.9. The topological polar surface area (TPSA) is 65.9 Å². The molecule has 0 aliphatic carbocycles. The molecule has 2 aromatic rings. The average Bonchev–Trinajstić information content (AvgIpc) is 2.42. The maximum atomic E-state index is 8.90. The summed E-state index contributed by atoms with van der Waals surface area (Å²) in [4.78, 5) is 6.30. The minimum atomic E-state index is 0.663. The first-order chi connectivity index (χ1) is 9.11. The lowest BCUT2D eigenvalue weighted by Gasteiger charge is -2.20. The van der Waals surface area contributed by atoms with Crippen molar-refractivity contribution in [1.29, 1.82) is 5.26 Å². The molecule has 0 unspecified atom stereocenters. The molecule has 0 spiro atoms. The Bertz CT molecular complexity index is 628. The molecule has 0 saturated carbocycles. The van der Waals surface area contributed by atoms with Crippen LogP contribution in [0.4, 0.5) is 11.5 Å². The van der Waals surface area contributed by atoms with Gasteiger partial charge in [-0.2, -0.15) is 5.26 Å². The van der Waals surface area contributed by atoms with Crippen LogP contribution in [-0.4, -0.2) is 12.0 Å². The van der Waals surface area contributed by atoms with E-state index >= 15 is 0 Å². The summed E-state index contributed by atoms with van der Waals surface area (Å²) < 4.78 is 0. The van der Waals surface area contributed by atoms with E-state index in [2.05, 4.69) is 11.1 Å². The number of rotatable bonds is 3. The Morgan fingerprint density at radius 3 is 2.89 bits per heavy atom. The highest BCUT2D eigenvalue weighted by molar-refractivity contribution is 5.66. The van der Waals surface area contributed by atoms with Crippen LogP contribution in [0.2, 0.25) is 0 Å². The quantitative estimate of drug-likeness (QED) is 0.911. The molecule has 0 fully saturated rings. The molecule has 2 rings (SSSR count). The van der Waals surface area contributed by atoms with Crippen LogP contribution in [0, 0.1) is 18.3 Å². The number of nitrogens with zero attached hydrogens (tertiary/aromatic N) is 3. The summed E-state index contributed by atoms with van der Waals surface area (Å²) >= 11 is 0. The van der Waals surface area contributed by atoms with Gasteiger partial charge in [0.25, 0.3) is 0 Å². The molecule has 1 aromatic heterocycles. The molecule has 2 N–H and O–H groups in total. The predicted octanol–water partition coefficient (Wildman–Crippen LogP) is 2.48. The van der Waals surface area contributed by atoms with Crippen molar-refractivity contribution in [3.8, 4) is 6.07 Å². The van der Waals surface area contributed by atoms with E-state index < -0.39 is 0 Å². The van der Waals surface area contributed by atoms with Gasteiger partial charge in [-0.3, -0.25) is 0 Å². The van der Waals surface area contributed by atoms with Crippen LogP contribution >= 0.6 is 0 Å². The van der Waals surface area contributed by atoms with Crippen LogP contribution in [0.25, 0.3) is 0 Å². The SMILES string of the molecule is Cc1ccnc(N(C)Cc2cccc(C#N)c2)c1N. The molecule has 0 aliphatic heterocycles. The monoisotopic (exact) mass is 252 g/mol. The zero-order chi connectivity index (χ0) is 13.8. The van der Waals surface area contributed by atoms with Crippen molar-refractivity contribution in [3.63, 3.8) is 0 Å². The van der Waals surface area contributed by atoms with E-state index in [1.165, 1.54) is 0 Å². The normalized spacial score (nSPS) is 9.95. The summed E-state index contributed by atoms with van der Waals surface area (Å²) in [6.07, 6.45) is 1.75. The van der Waals surface area contributed by atoms with E-state index in [9.17, 15) is 0 Å². The fraction of sp³-hybridized carbons (Fsp3) is 0.200. The number of hydrogen-bond acceptors (Lipinski definition) is 4. The second-order valence-corrected chi connectivity index (χ2v) is 4.53. The zero-order valence-corrected chi connectivity index (χ0v) is 11.1. The van der Waals surface area contributed by atoms with Crippen molar-refractivity contribution in [2.24, 2.45) is 0 Å². The molecule has 4 nitrogen and oxygen atoms in total. The van der Waals surface area contributed by atoms with Crippen molar-refractivity contribution >= 4 is 11.5 Å². The second-order valence-electron chi connectivity index (χ2n) is 4.53. The molecular weight excluding hydrogens is 236 g/mol. The Hall–Kier alpha value is -2.54. The summed E-state index contributed by atoms with van der Waals surface area (Å²) in [7, 11) is 1.94. The fourth-order valence-corrected chi connectivity index (χ4v) is 1.95. The van der Waals surface area contributed by atoms with Crippen molar-refractivity contribution in [3.05, 3.63) is 53.2 Å². The molecule has 96 valence electrons. The highest BCUT2D eigenvalue weighted by Crippen LogP contribution is 2.23. The van der Waals surface area contributed by atoms with Gasteiger partial charge in [0, 0.05) is 19.8 Å². The van der Waals surface area contributed by atoms with Crippen LogP contribution < -0.4 is 10.6 Å². The number of nitriles is 1. The standard InChI is InChI=1S/C15H16N4/c1-11-6-7-18-15(14(11)17)19(2)10-13-5-3-4-12(8-13)9-16/h3-8H,10,17H2,1-2H3. The third-order valence-corrected chi connectivity index (χ3v) is 3.02. The van der Waals surface area contributed by atoms with Gasteiger partial charge in [0.05, 0.1) is 17.3 Å². The van der Waals surface area contributed by atoms with E-state index in [0.29, 0.717) is 17.8 Å². The average molecular weight is 252 g/mol. The van der Waals surface area contributed by atoms with E-state index in [4.69, 9.17) is 11.0 Å². The highest BCUT2D eigenvalue weighted by Gasteiger charge is 2.09. The lowest BCUT2D eigenvalue weighted by atomic mass is 10.1. The smallest absolute Gasteiger partial charge is 0.152 e. The van der Waals surface area contributed by atoms with Gasteiger partial charge in [-0.05, 0) is 36.2 Å². The third-order valence-electron chi connectivity index (χ3n) is 3.02. The van der Waals surface area contributed by atoms with Crippen LogP contribution in [-0.2, 0) is 6.54 Å². The summed E-state index contributed by atoms with van der Waals surface area (Å²) in [5, 5.41) is 8.90.